The van der Waals surface area contributed by atoms with Gasteiger partial charge in [-0.05, 0) is 68.4 Å². The molecule has 10 rings (SSSR count). The Balaban J connectivity index is 1.23. The predicted octanol–water partition coefficient (Wildman–Crippen LogP) is 11.5. The number of nitrogens with zero attached hydrogens (tertiary/aromatic N) is 3. The second kappa shape index (κ2) is 9.97. The van der Waals surface area contributed by atoms with Crippen molar-refractivity contribution in [2.45, 2.75) is 19.3 Å². The lowest BCUT2D eigenvalue weighted by Crippen LogP contribution is -2.14. The first-order chi connectivity index (χ1) is 23.6. The molecule has 1 aliphatic rings. The largest absolute Gasteiger partial charge is 0.278 e. The van der Waals surface area contributed by atoms with Crippen LogP contribution in [0.2, 0.25) is 0 Å². The third-order valence-corrected chi connectivity index (χ3v) is 10.4. The van der Waals surface area contributed by atoms with Crippen LogP contribution in [0.3, 0.4) is 0 Å². The first kappa shape index (κ1) is 27.1. The quantitative estimate of drug-likeness (QED) is 0.198. The molecule has 3 nitrogen and oxygen atoms in total. The Bertz CT molecular complexity index is 2770. The van der Waals surface area contributed by atoms with Gasteiger partial charge in [0.15, 0.2) is 0 Å². The van der Waals surface area contributed by atoms with Crippen molar-refractivity contribution >= 4 is 43.5 Å². The van der Waals surface area contributed by atoms with Crippen molar-refractivity contribution < 1.29 is 0 Å². The van der Waals surface area contributed by atoms with Gasteiger partial charge in [-0.2, -0.15) is 0 Å². The highest BCUT2D eigenvalue weighted by Gasteiger charge is 2.35. The van der Waals surface area contributed by atoms with Gasteiger partial charge in [0.1, 0.15) is 0 Å². The zero-order valence-electron chi connectivity index (χ0n) is 26.8. The van der Waals surface area contributed by atoms with E-state index < -0.39 is 0 Å². The molecule has 0 amide bonds. The number of aromatic nitrogens is 3. The normalized spacial score (nSPS) is 13.4. The molecule has 1 aliphatic carbocycles. The maximum absolute atomic E-state index is 5.47. The fraction of sp³-hybridized carbons (Fsp3) is 0.0667. The molecule has 0 aliphatic heterocycles. The minimum absolute atomic E-state index is 0.0770. The predicted molar refractivity (Wildman–Crippen MR) is 200 cm³/mol. The highest BCUT2D eigenvalue weighted by Crippen LogP contribution is 2.50. The minimum Gasteiger partial charge on any atom is -0.278 e. The maximum atomic E-state index is 5.47. The molecular formula is C45H31N3. The van der Waals surface area contributed by atoms with Crippen LogP contribution in [-0.2, 0) is 5.41 Å². The second-order valence-electron chi connectivity index (χ2n) is 13.4. The molecule has 9 aromatic rings. The lowest BCUT2D eigenvalue weighted by Gasteiger charge is -2.22. The number of fused-ring (bicyclic) bond motifs is 9. The van der Waals surface area contributed by atoms with Gasteiger partial charge in [0, 0.05) is 27.1 Å². The molecule has 0 unspecified atom stereocenters. The average Bonchev–Trinajstić information content (AvgIpc) is 3.60. The Hall–Kier alpha value is -6.06. The zero-order chi connectivity index (χ0) is 32.0. The summed E-state index contributed by atoms with van der Waals surface area (Å²) in [6, 6.07) is 54.5. The fourth-order valence-corrected chi connectivity index (χ4v) is 8.14. The van der Waals surface area contributed by atoms with Crippen LogP contribution in [0.25, 0.3) is 82.9 Å². The van der Waals surface area contributed by atoms with Crippen LogP contribution in [0.5, 0.6) is 0 Å². The molecule has 0 saturated heterocycles. The van der Waals surface area contributed by atoms with E-state index in [1.807, 2.05) is 0 Å². The maximum Gasteiger partial charge on any atom is 0.235 e. The lowest BCUT2D eigenvalue weighted by atomic mass is 9.81. The van der Waals surface area contributed by atoms with Crippen molar-refractivity contribution in [2.24, 2.45) is 0 Å². The van der Waals surface area contributed by atoms with Crippen LogP contribution >= 0.6 is 0 Å². The van der Waals surface area contributed by atoms with Gasteiger partial charge in [0.25, 0.3) is 0 Å². The monoisotopic (exact) mass is 613 g/mol. The number of rotatable bonds is 3. The SMILES string of the molecule is CC1(C)c2ccccc2-c2ccc(-c3ccccc3-c3nc(-n4c5ccccc5c5c6ccccc6ccc54)nc4ccccc34)cc21. The molecule has 0 atom stereocenters. The number of para-hydroxylation sites is 2. The first-order valence-electron chi connectivity index (χ1n) is 16.6. The van der Waals surface area contributed by atoms with Crippen molar-refractivity contribution in [1.29, 1.82) is 0 Å². The number of benzene rings is 7. The smallest absolute Gasteiger partial charge is 0.235 e. The van der Waals surface area contributed by atoms with Crippen molar-refractivity contribution in [1.82, 2.24) is 14.5 Å². The van der Waals surface area contributed by atoms with Gasteiger partial charge >= 0.3 is 0 Å². The summed E-state index contributed by atoms with van der Waals surface area (Å²) in [7, 11) is 0. The number of hydrogen-bond acceptors (Lipinski definition) is 2. The summed E-state index contributed by atoms with van der Waals surface area (Å²) in [5.41, 5.74) is 12.8. The molecule has 0 saturated carbocycles. The van der Waals surface area contributed by atoms with Crippen LogP contribution in [0.4, 0.5) is 0 Å². The molecule has 226 valence electrons. The summed E-state index contributed by atoms with van der Waals surface area (Å²) in [4.78, 5) is 10.7. The molecule has 0 N–H and O–H groups in total. The molecule has 3 heteroatoms. The van der Waals surface area contributed by atoms with Crippen LogP contribution in [0.1, 0.15) is 25.0 Å². The molecule has 2 heterocycles. The third kappa shape index (κ3) is 3.76. The Morgan fingerprint density at radius 3 is 2.02 bits per heavy atom. The zero-order valence-corrected chi connectivity index (χ0v) is 26.8. The van der Waals surface area contributed by atoms with E-state index in [1.165, 1.54) is 49.4 Å². The van der Waals surface area contributed by atoms with E-state index in [4.69, 9.17) is 9.97 Å². The van der Waals surface area contributed by atoms with Crippen LogP contribution in [0.15, 0.2) is 152 Å². The van der Waals surface area contributed by atoms with E-state index in [1.54, 1.807) is 0 Å². The van der Waals surface area contributed by atoms with Gasteiger partial charge in [-0.1, -0.05) is 141 Å². The van der Waals surface area contributed by atoms with Gasteiger partial charge < -0.3 is 0 Å². The van der Waals surface area contributed by atoms with Crippen LogP contribution in [-0.4, -0.2) is 14.5 Å². The molecule has 2 aromatic heterocycles. The summed E-state index contributed by atoms with van der Waals surface area (Å²) >= 11 is 0. The molecule has 0 spiro atoms. The van der Waals surface area contributed by atoms with Crippen LogP contribution < -0.4 is 0 Å². The van der Waals surface area contributed by atoms with Gasteiger partial charge in [0.2, 0.25) is 5.95 Å². The summed E-state index contributed by atoms with van der Waals surface area (Å²) in [6.07, 6.45) is 0. The highest BCUT2D eigenvalue weighted by molar-refractivity contribution is 6.21. The molecule has 7 aromatic carbocycles. The van der Waals surface area contributed by atoms with Crippen LogP contribution in [0, 0.1) is 0 Å². The van der Waals surface area contributed by atoms with Gasteiger partial charge in [-0.25, -0.2) is 9.97 Å². The minimum atomic E-state index is -0.0770. The summed E-state index contributed by atoms with van der Waals surface area (Å²) < 4.78 is 2.24. The molecule has 0 bridgehead atoms. The first-order valence-corrected chi connectivity index (χ1v) is 16.6. The topological polar surface area (TPSA) is 30.7 Å². The van der Waals surface area contributed by atoms with Crippen molar-refractivity contribution in [3.8, 4) is 39.5 Å². The van der Waals surface area contributed by atoms with Gasteiger partial charge in [-0.15, -0.1) is 0 Å². The van der Waals surface area contributed by atoms with Crippen molar-refractivity contribution in [3.05, 3.63) is 163 Å². The molecule has 0 fully saturated rings. The Labute approximate surface area is 278 Å². The fourth-order valence-electron chi connectivity index (χ4n) is 8.14. The van der Waals surface area contributed by atoms with Crippen molar-refractivity contribution in [2.75, 3.05) is 0 Å². The lowest BCUT2D eigenvalue weighted by molar-refractivity contribution is 0.660. The average molecular weight is 614 g/mol. The molecule has 0 radical (unpaired) electrons. The van der Waals surface area contributed by atoms with E-state index in [2.05, 4.69) is 170 Å². The Morgan fingerprint density at radius 2 is 1.15 bits per heavy atom. The summed E-state index contributed by atoms with van der Waals surface area (Å²) in [6.45, 7) is 4.68. The summed E-state index contributed by atoms with van der Waals surface area (Å²) in [5, 5.41) is 5.92. The second-order valence-corrected chi connectivity index (χ2v) is 13.4. The van der Waals surface area contributed by atoms with Gasteiger partial charge in [0.05, 0.1) is 22.2 Å². The highest BCUT2D eigenvalue weighted by atomic mass is 15.2. The van der Waals surface area contributed by atoms with E-state index in [0.717, 1.165) is 38.8 Å². The summed E-state index contributed by atoms with van der Waals surface area (Å²) in [5.74, 6) is 0.672. The molecule has 48 heavy (non-hydrogen) atoms. The van der Waals surface area contributed by atoms with E-state index in [9.17, 15) is 0 Å². The van der Waals surface area contributed by atoms with E-state index >= 15 is 0 Å². The molecular weight excluding hydrogens is 583 g/mol. The van der Waals surface area contributed by atoms with Crippen molar-refractivity contribution in [3.63, 3.8) is 0 Å². The van der Waals surface area contributed by atoms with E-state index in [0.29, 0.717) is 5.95 Å². The Morgan fingerprint density at radius 1 is 0.479 bits per heavy atom. The van der Waals surface area contributed by atoms with E-state index in [-0.39, 0.29) is 5.41 Å². The standard InChI is InChI=1S/C45H31N3/c1-45(2)37-20-10-7-16-32(37)33-25-23-29(27-38(33)45)30-14-5-6-17-34(30)43-35-18-8-11-21-39(35)46-44(47-43)48-40-22-12-9-19-36(40)42-31-15-4-3-13-28(31)24-26-41(42)48/h3-27H,1-2H3. The number of hydrogen-bond donors (Lipinski definition) is 0. The van der Waals surface area contributed by atoms with Gasteiger partial charge in [-0.3, -0.25) is 4.57 Å². The third-order valence-electron chi connectivity index (χ3n) is 10.4. The Kier molecular flexibility index (Phi) is 5.63.